The van der Waals surface area contributed by atoms with Gasteiger partial charge in [-0.3, -0.25) is 4.79 Å². The van der Waals surface area contributed by atoms with E-state index in [1.54, 1.807) is 6.07 Å². The van der Waals surface area contributed by atoms with Crippen LogP contribution in [0.2, 0.25) is 10.0 Å². The molecule has 0 unspecified atom stereocenters. The van der Waals surface area contributed by atoms with Crippen molar-refractivity contribution in [3.63, 3.8) is 0 Å². The first kappa shape index (κ1) is 14.9. The summed E-state index contributed by atoms with van der Waals surface area (Å²) in [6.07, 6.45) is 0.832. The smallest absolute Gasteiger partial charge is 0.228 e. The predicted molar refractivity (Wildman–Crippen MR) is 90.1 cm³/mol. The Hall–Kier alpha value is -1.03. The average Bonchev–Trinajstić information content (AvgIpc) is 3.20. The first-order chi connectivity index (χ1) is 10.0. The molecule has 1 amide bonds. The lowest BCUT2D eigenvalue weighted by Gasteiger charge is -2.06. The van der Waals surface area contributed by atoms with Crippen molar-refractivity contribution in [2.75, 3.05) is 5.32 Å². The molecule has 1 saturated carbocycles. The third-order valence-corrected chi connectivity index (χ3v) is 4.52. The van der Waals surface area contributed by atoms with E-state index < -0.39 is 0 Å². The second kappa shape index (κ2) is 5.99. The lowest BCUT2D eigenvalue weighted by atomic mass is 10.1. The Labute approximate surface area is 141 Å². The van der Waals surface area contributed by atoms with Crippen LogP contribution in [-0.4, -0.2) is 5.91 Å². The maximum absolute atomic E-state index is 12.2. The molecule has 0 aromatic heterocycles. The summed E-state index contributed by atoms with van der Waals surface area (Å²) in [5.74, 6) is 0.234. The number of anilines is 1. The van der Waals surface area contributed by atoms with E-state index in [-0.39, 0.29) is 17.7 Å². The van der Waals surface area contributed by atoms with Crippen LogP contribution in [0.15, 0.2) is 46.9 Å². The zero-order chi connectivity index (χ0) is 15.0. The first-order valence-electron chi connectivity index (χ1n) is 6.55. The summed E-state index contributed by atoms with van der Waals surface area (Å²) >= 11 is 15.4. The predicted octanol–water partition coefficient (Wildman–Crippen LogP) is 5.50. The van der Waals surface area contributed by atoms with Crippen LogP contribution in [0.5, 0.6) is 0 Å². The van der Waals surface area contributed by atoms with E-state index in [0.717, 1.165) is 22.1 Å². The Morgan fingerprint density at radius 3 is 2.33 bits per heavy atom. The topological polar surface area (TPSA) is 29.1 Å². The maximum Gasteiger partial charge on any atom is 0.228 e. The van der Waals surface area contributed by atoms with Gasteiger partial charge in [-0.2, -0.15) is 0 Å². The summed E-state index contributed by atoms with van der Waals surface area (Å²) in [4.78, 5) is 12.2. The van der Waals surface area contributed by atoms with Gasteiger partial charge in [0, 0.05) is 26.1 Å². The van der Waals surface area contributed by atoms with Crippen molar-refractivity contribution in [3.8, 4) is 0 Å². The standard InChI is InChI=1S/C16H12BrCl2NO/c17-10-1-3-13(4-2-10)20-16(21)15-8-14(15)9-5-11(18)7-12(19)6-9/h1-7,14-15H,8H2,(H,20,21)/t14-,15-/m0/s1. The molecule has 2 aromatic rings. The largest absolute Gasteiger partial charge is 0.326 e. The van der Waals surface area contributed by atoms with Gasteiger partial charge in [-0.25, -0.2) is 0 Å². The highest BCUT2D eigenvalue weighted by Gasteiger charge is 2.44. The molecular formula is C16H12BrCl2NO. The second-order valence-corrected chi connectivity index (χ2v) is 6.94. The molecule has 3 rings (SSSR count). The molecule has 108 valence electrons. The highest BCUT2D eigenvalue weighted by atomic mass is 79.9. The highest BCUT2D eigenvalue weighted by Crippen LogP contribution is 2.49. The summed E-state index contributed by atoms with van der Waals surface area (Å²) < 4.78 is 0.985. The van der Waals surface area contributed by atoms with Gasteiger partial charge in [-0.05, 0) is 60.4 Å². The Balaban J connectivity index is 1.67. The molecule has 2 aromatic carbocycles. The number of halogens is 3. The van der Waals surface area contributed by atoms with Crippen molar-refractivity contribution < 1.29 is 4.79 Å². The molecule has 1 N–H and O–H groups in total. The first-order valence-corrected chi connectivity index (χ1v) is 8.10. The van der Waals surface area contributed by atoms with Gasteiger partial charge in [-0.15, -0.1) is 0 Å². The van der Waals surface area contributed by atoms with E-state index in [1.807, 2.05) is 36.4 Å². The van der Waals surface area contributed by atoms with E-state index in [1.165, 1.54) is 0 Å². The van der Waals surface area contributed by atoms with E-state index in [4.69, 9.17) is 23.2 Å². The van der Waals surface area contributed by atoms with Gasteiger partial charge in [0.2, 0.25) is 5.91 Å². The van der Waals surface area contributed by atoms with Gasteiger partial charge in [0.05, 0.1) is 0 Å². The number of hydrogen-bond donors (Lipinski definition) is 1. The van der Waals surface area contributed by atoms with Crippen molar-refractivity contribution in [1.29, 1.82) is 0 Å². The quantitative estimate of drug-likeness (QED) is 0.743. The zero-order valence-corrected chi connectivity index (χ0v) is 14.0. The van der Waals surface area contributed by atoms with E-state index >= 15 is 0 Å². The molecule has 2 nitrogen and oxygen atoms in total. The molecular weight excluding hydrogens is 373 g/mol. The normalized spacial score (nSPS) is 20.1. The summed E-state index contributed by atoms with van der Waals surface area (Å²) in [7, 11) is 0. The van der Waals surface area contributed by atoms with Crippen molar-refractivity contribution in [3.05, 3.63) is 62.5 Å². The number of hydrogen-bond acceptors (Lipinski definition) is 1. The van der Waals surface area contributed by atoms with E-state index in [2.05, 4.69) is 21.2 Å². The molecule has 0 bridgehead atoms. The van der Waals surface area contributed by atoms with Crippen LogP contribution in [0.25, 0.3) is 0 Å². The minimum absolute atomic E-state index is 0.0109. The number of nitrogens with one attached hydrogen (secondary N) is 1. The number of benzene rings is 2. The van der Waals surface area contributed by atoms with Gasteiger partial charge in [-0.1, -0.05) is 39.1 Å². The second-order valence-electron chi connectivity index (χ2n) is 5.15. The average molecular weight is 385 g/mol. The van der Waals surface area contributed by atoms with Gasteiger partial charge >= 0.3 is 0 Å². The molecule has 1 aliphatic carbocycles. The van der Waals surface area contributed by atoms with E-state index in [9.17, 15) is 4.79 Å². The van der Waals surface area contributed by atoms with Crippen molar-refractivity contribution in [1.82, 2.24) is 0 Å². The minimum Gasteiger partial charge on any atom is -0.326 e. The zero-order valence-electron chi connectivity index (χ0n) is 10.9. The molecule has 5 heteroatoms. The third-order valence-electron chi connectivity index (χ3n) is 3.55. The van der Waals surface area contributed by atoms with Gasteiger partial charge in [0.25, 0.3) is 0 Å². The van der Waals surface area contributed by atoms with Crippen molar-refractivity contribution >= 4 is 50.7 Å². The number of carbonyl (C=O) groups is 1. The molecule has 0 heterocycles. The summed E-state index contributed by atoms with van der Waals surface area (Å²) in [6, 6.07) is 13.0. The molecule has 2 atom stereocenters. The van der Waals surface area contributed by atoms with Gasteiger partial charge in [0.15, 0.2) is 0 Å². The molecule has 1 aliphatic rings. The van der Waals surface area contributed by atoms with Crippen LogP contribution in [0, 0.1) is 5.92 Å². The Morgan fingerprint density at radius 1 is 1.10 bits per heavy atom. The van der Waals surface area contributed by atoms with Crippen LogP contribution >= 0.6 is 39.1 Å². The monoisotopic (exact) mass is 383 g/mol. The molecule has 0 saturated heterocycles. The molecule has 0 aliphatic heterocycles. The van der Waals surface area contributed by atoms with Crippen LogP contribution in [0.4, 0.5) is 5.69 Å². The molecule has 21 heavy (non-hydrogen) atoms. The molecule has 1 fully saturated rings. The maximum atomic E-state index is 12.2. The fourth-order valence-corrected chi connectivity index (χ4v) is 3.22. The number of carbonyl (C=O) groups excluding carboxylic acids is 1. The Bertz CT molecular complexity index is 667. The van der Waals surface area contributed by atoms with Gasteiger partial charge in [0.1, 0.15) is 0 Å². The van der Waals surface area contributed by atoms with Gasteiger partial charge < -0.3 is 5.32 Å². The van der Waals surface area contributed by atoms with E-state index in [0.29, 0.717) is 10.0 Å². The lowest BCUT2D eigenvalue weighted by Crippen LogP contribution is -2.14. The fourth-order valence-electron chi connectivity index (χ4n) is 2.41. The minimum atomic E-state index is -0.0109. The van der Waals surface area contributed by atoms with Crippen LogP contribution in [0.3, 0.4) is 0 Å². The SMILES string of the molecule is O=C(Nc1ccc(Br)cc1)[C@H]1C[C@H]1c1cc(Cl)cc(Cl)c1. The Kier molecular flexibility index (Phi) is 4.25. The number of amides is 1. The number of rotatable bonds is 3. The summed E-state index contributed by atoms with van der Waals surface area (Å²) in [5, 5.41) is 4.15. The Morgan fingerprint density at radius 2 is 1.71 bits per heavy atom. The van der Waals surface area contributed by atoms with Crippen molar-refractivity contribution in [2.24, 2.45) is 5.92 Å². The van der Waals surface area contributed by atoms with Crippen molar-refractivity contribution in [2.45, 2.75) is 12.3 Å². The van der Waals surface area contributed by atoms with Crippen LogP contribution in [-0.2, 0) is 4.79 Å². The molecule has 0 radical (unpaired) electrons. The third kappa shape index (κ3) is 3.60. The molecule has 0 spiro atoms. The fraction of sp³-hybridized carbons (Fsp3) is 0.188. The summed E-state index contributed by atoms with van der Waals surface area (Å²) in [5.41, 5.74) is 1.83. The van der Waals surface area contributed by atoms with Crippen LogP contribution in [0.1, 0.15) is 17.9 Å². The summed E-state index contributed by atoms with van der Waals surface area (Å²) in [6.45, 7) is 0. The highest BCUT2D eigenvalue weighted by molar-refractivity contribution is 9.10. The lowest BCUT2D eigenvalue weighted by molar-refractivity contribution is -0.117. The van der Waals surface area contributed by atoms with Crippen LogP contribution < -0.4 is 5.32 Å².